The third-order valence-electron chi connectivity index (χ3n) is 16.2. The molecule has 10 rings (SSSR count). The van der Waals surface area contributed by atoms with Gasteiger partial charge < -0.3 is 8.94 Å². The van der Waals surface area contributed by atoms with Crippen molar-refractivity contribution >= 4 is 75.3 Å². The molecule has 6 aromatic rings. The Morgan fingerprint density at radius 2 is 1.04 bits per heavy atom. The standard InChI is InChI=1S/4C10H15N.C9H14N2.2C9H13NO.3C8H13NS/c1-5-9-6-8(7-11-9)10(2,3)4;2*1-5-9-8(6-7-11-9)10(2,3)4;1-5-8-6-7-9(11-8)10(2,3)4;1-5-7-6-8(11-10-7)9(2,3)4;1-5-8-10-7(6-11-8)9(2,3)4;1-5-8-7(6-11-10-8)9(2,3)4;1-6-9-7(5-10-6)8(2,3)4;1-6-9-5-7(10-6)8(2,3)4;1-6-5-7(10-9-6)8(2,3)4/h3*5-6H,1,7H2,2-4H3;5,7H,1,6H2,2-4H3;5-6H,1H2,2-4H3,(H,10,11);2*5-6H,1H2,2-4H3;3*5H,1-4H3. The van der Waals surface area contributed by atoms with Crippen molar-refractivity contribution in [2.45, 2.75) is 267 Å². The number of nitrogens with one attached hydrogen (secondary N) is 1. The van der Waals surface area contributed by atoms with E-state index in [0.29, 0.717) is 5.89 Å². The zero-order valence-electron chi connectivity index (χ0n) is 72.6. The largest absolute Gasteiger partial charge is 0.445 e. The first kappa shape index (κ1) is 97.4. The number of nitrogens with zero attached hydrogens (tertiary/aromatic N) is 10. The number of aryl methyl sites for hydroxylation is 3. The van der Waals surface area contributed by atoms with Crippen molar-refractivity contribution < 1.29 is 8.94 Å². The molecule has 0 saturated heterocycles. The maximum Gasteiger partial charge on any atom is 0.218 e. The number of aromatic amines is 1. The second kappa shape index (κ2) is 41.8. The van der Waals surface area contributed by atoms with Crippen LogP contribution in [0.25, 0.3) is 18.2 Å². The lowest BCUT2D eigenvalue weighted by atomic mass is 9.84. The molecule has 10 heterocycles. The van der Waals surface area contributed by atoms with E-state index < -0.39 is 0 Å². The van der Waals surface area contributed by atoms with Gasteiger partial charge >= 0.3 is 0 Å². The molecule has 0 atom stereocenters. The van der Waals surface area contributed by atoms with Gasteiger partial charge in [0.05, 0.1) is 69.6 Å². The SMILES string of the molecule is C=CC1=NC(C(C)(C)C)=CC1.C=CC1=NCC(C(C)(C)C)=C1.C=CC1=NCC=C1C(C)(C)C.C=CC1=NCC=C1C(C)(C)C.C=Cc1cc(C(C)(C)C)[nH]n1.C=Cc1nc(C(C)(C)C)co1.C=Cc1nocc1C(C)(C)C.Cc1cc(C(C)(C)C)sn1.Cc1nc(C(C)(C)C)cs1.Cc1ncc(C(C)(C)C)s1. The molecule has 0 amide bonds. The molecule has 107 heavy (non-hydrogen) atoms. The van der Waals surface area contributed by atoms with Crippen molar-refractivity contribution in [3.8, 4) is 0 Å². The highest BCUT2D eigenvalue weighted by Crippen LogP contribution is 2.34. The van der Waals surface area contributed by atoms with E-state index >= 15 is 0 Å². The first-order valence-corrected chi connectivity index (χ1v) is 39.5. The number of hydrogen-bond donors (Lipinski definition) is 1. The molecular weight excluding hydrogens is 1380 g/mol. The average molecular weight is 1520 g/mol. The van der Waals surface area contributed by atoms with Crippen LogP contribution in [0.1, 0.15) is 280 Å². The van der Waals surface area contributed by atoms with Crippen LogP contribution < -0.4 is 0 Å². The predicted octanol–water partition coefficient (Wildman–Crippen LogP) is 26.6. The highest BCUT2D eigenvalue weighted by molar-refractivity contribution is 7.11. The lowest BCUT2D eigenvalue weighted by Crippen LogP contribution is -2.14. The number of allylic oxidation sites excluding steroid dienone is 9. The fraction of sp³-hybridized carbons (Fsp3) is 0.516. The summed E-state index contributed by atoms with van der Waals surface area (Å²) >= 11 is 5.11. The minimum atomic E-state index is 0.0603. The maximum absolute atomic E-state index is 5.11. The summed E-state index contributed by atoms with van der Waals surface area (Å²) in [5, 5.41) is 15.3. The van der Waals surface area contributed by atoms with Gasteiger partial charge in [0, 0.05) is 72.1 Å². The van der Waals surface area contributed by atoms with Crippen LogP contribution in [0.2, 0.25) is 0 Å². The molecule has 13 nitrogen and oxygen atoms in total. The molecule has 0 fully saturated rings. The topological polar surface area (TPSA) is 169 Å². The van der Waals surface area contributed by atoms with Gasteiger partial charge in [-0.15, -0.1) is 22.7 Å². The summed E-state index contributed by atoms with van der Waals surface area (Å²) in [4.78, 5) is 32.9. The smallest absolute Gasteiger partial charge is 0.218 e. The quantitative estimate of drug-likeness (QED) is 0.165. The van der Waals surface area contributed by atoms with E-state index in [1.807, 2.05) is 51.3 Å². The van der Waals surface area contributed by atoms with Crippen molar-refractivity contribution in [3.63, 3.8) is 0 Å². The Labute approximate surface area is 661 Å². The van der Waals surface area contributed by atoms with Gasteiger partial charge in [-0.2, -0.15) is 9.47 Å². The van der Waals surface area contributed by atoms with E-state index in [0.717, 1.165) is 93.0 Å². The van der Waals surface area contributed by atoms with Gasteiger partial charge in [-0.25, -0.2) is 15.0 Å². The molecule has 16 heteroatoms. The summed E-state index contributed by atoms with van der Waals surface area (Å²) in [5.74, 6) is 0.593. The number of thiazole rings is 2. The normalized spacial score (nSPS) is 14.2. The van der Waals surface area contributed by atoms with Crippen molar-refractivity contribution in [1.29, 1.82) is 0 Å². The minimum absolute atomic E-state index is 0.0603. The Morgan fingerprint density at radius 3 is 1.28 bits per heavy atom. The van der Waals surface area contributed by atoms with Crippen LogP contribution in [0.4, 0.5) is 0 Å². The molecule has 0 saturated carbocycles. The molecule has 0 radical (unpaired) electrons. The summed E-state index contributed by atoms with van der Waals surface area (Å²) in [7, 11) is 0. The predicted molar refractivity (Wildman–Crippen MR) is 475 cm³/mol. The molecule has 0 bridgehead atoms. The van der Waals surface area contributed by atoms with Gasteiger partial charge in [-0.05, 0) is 142 Å². The molecule has 0 unspecified atom stereocenters. The highest BCUT2D eigenvalue weighted by atomic mass is 32.1. The lowest BCUT2D eigenvalue weighted by Gasteiger charge is -2.20. The van der Waals surface area contributed by atoms with Crippen molar-refractivity contribution in [2.24, 2.45) is 41.6 Å². The fourth-order valence-corrected chi connectivity index (χ4v) is 11.8. The van der Waals surface area contributed by atoms with Gasteiger partial charge in [0.25, 0.3) is 0 Å². The van der Waals surface area contributed by atoms with Crippen molar-refractivity contribution in [1.82, 2.24) is 34.7 Å². The molecule has 0 spiro atoms. The van der Waals surface area contributed by atoms with Crippen LogP contribution in [-0.2, 0) is 32.5 Å². The minimum Gasteiger partial charge on any atom is -0.445 e. The van der Waals surface area contributed by atoms with E-state index in [2.05, 4.69) is 344 Å². The number of rotatable bonds is 7. The van der Waals surface area contributed by atoms with E-state index in [4.69, 9.17) is 8.94 Å². The molecule has 4 aliphatic rings. The van der Waals surface area contributed by atoms with Gasteiger partial charge in [-0.1, -0.05) is 277 Å². The number of aromatic nitrogens is 7. The Hall–Kier alpha value is -7.66. The van der Waals surface area contributed by atoms with Crippen LogP contribution >= 0.6 is 34.2 Å². The lowest BCUT2D eigenvalue weighted by molar-refractivity contribution is 0.415. The Bertz CT molecular complexity index is 3860. The summed E-state index contributed by atoms with van der Waals surface area (Å²) < 4.78 is 14.2. The van der Waals surface area contributed by atoms with Crippen LogP contribution in [0, 0.1) is 42.4 Å². The van der Waals surface area contributed by atoms with Gasteiger partial charge in [-0.3, -0.25) is 25.1 Å². The van der Waals surface area contributed by atoms with Crippen LogP contribution in [0.3, 0.4) is 0 Å². The summed E-state index contributed by atoms with van der Waals surface area (Å²) in [6.45, 7) is 99.5. The summed E-state index contributed by atoms with van der Waals surface area (Å²) in [5.41, 5.74) is 18.7. The summed E-state index contributed by atoms with van der Waals surface area (Å²) in [6.07, 6.45) is 27.3. The molecule has 1 N–H and O–H groups in total. The van der Waals surface area contributed by atoms with Crippen LogP contribution in [-0.4, -0.2) is 77.2 Å². The zero-order valence-corrected chi connectivity index (χ0v) is 75.1. The second-order valence-electron chi connectivity index (χ2n) is 36.6. The van der Waals surface area contributed by atoms with E-state index in [1.165, 1.54) is 37.9 Å². The Balaban J connectivity index is 0.000000595. The average Bonchev–Trinajstić information content (AvgIpc) is 1.73. The van der Waals surface area contributed by atoms with Gasteiger partial charge in [0.15, 0.2) is 0 Å². The van der Waals surface area contributed by atoms with E-state index in [-0.39, 0.29) is 54.1 Å². The van der Waals surface area contributed by atoms with Gasteiger partial charge in [0.2, 0.25) is 5.89 Å². The Morgan fingerprint density at radius 1 is 0.495 bits per heavy atom. The fourth-order valence-electron chi connectivity index (χ4n) is 9.29. The molecule has 0 aliphatic carbocycles. The molecule has 588 valence electrons. The van der Waals surface area contributed by atoms with Crippen LogP contribution in [0.15, 0.2) is 182 Å². The highest BCUT2D eigenvalue weighted by Gasteiger charge is 2.26. The first-order valence-electron chi connectivity index (χ1n) is 37.0. The molecular formula is C91H139N11O2S3. The third-order valence-corrected chi connectivity index (χ3v) is 19.6. The molecule has 4 aliphatic heterocycles. The number of hydrogen-bond acceptors (Lipinski definition) is 15. The van der Waals surface area contributed by atoms with Crippen LogP contribution in [0.5, 0.6) is 0 Å². The summed E-state index contributed by atoms with van der Waals surface area (Å²) in [6, 6.07) is 4.18. The van der Waals surface area contributed by atoms with Gasteiger partial charge in [0.1, 0.15) is 18.2 Å². The van der Waals surface area contributed by atoms with E-state index in [9.17, 15) is 0 Å². The van der Waals surface area contributed by atoms with Crippen molar-refractivity contribution in [3.05, 3.63) is 219 Å². The molecule has 6 aromatic heterocycles. The zero-order chi connectivity index (χ0) is 82.7. The third kappa shape index (κ3) is 35.9. The molecule has 0 aromatic carbocycles. The van der Waals surface area contributed by atoms with Crippen molar-refractivity contribution in [2.75, 3.05) is 19.6 Å². The number of aliphatic imine (C=N–C) groups is 4. The monoisotopic (exact) mass is 1510 g/mol. The second-order valence-corrected chi connectivity index (χ2v) is 39.7. The number of H-pyrrole nitrogens is 1. The first-order chi connectivity index (χ1) is 48.8. The van der Waals surface area contributed by atoms with E-state index in [1.54, 1.807) is 71.0 Å². The Kier molecular flexibility index (Phi) is 38.0. The number of oxazole rings is 1. The maximum atomic E-state index is 5.11.